The van der Waals surface area contributed by atoms with Gasteiger partial charge in [0.1, 0.15) is 10.3 Å². The van der Waals surface area contributed by atoms with Crippen molar-refractivity contribution in [3.63, 3.8) is 0 Å². The van der Waals surface area contributed by atoms with Crippen molar-refractivity contribution in [3.05, 3.63) is 23.2 Å². The summed E-state index contributed by atoms with van der Waals surface area (Å²) in [5, 5.41) is 7.58. The molecular formula is C7H7N5S. The molecule has 0 aromatic carbocycles. The first-order chi connectivity index (χ1) is 6.27. The second-order valence-corrected chi connectivity index (χ2v) is 2.96. The van der Waals surface area contributed by atoms with E-state index in [0.717, 1.165) is 11.4 Å². The first-order valence-electron chi connectivity index (χ1n) is 3.67. The summed E-state index contributed by atoms with van der Waals surface area (Å²) >= 11 is 4.94. The maximum atomic E-state index is 4.94. The van der Waals surface area contributed by atoms with Crippen LogP contribution in [0.1, 0.15) is 0 Å². The van der Waals surface area contributed by atoms with Crippen molar-refractivity contribution >= 4 is 12.2 Å². The average Bonchev–Trinajstić information content (AvgIpc) is 2.51. The highest BCUT2D eigenvalue weighted by Gasteiger charge is 2.02. The molecule has 0 aliphatic rings. The Morgan fingerprint density at radius 3 is 3.00 bits per heavy atom. The van der Waals surface area contributed by atoms with E-state index in [1.54, 1.807) is 23.3 Å². The zero-order valence-electron chi connectivity index (χ0n) is 6.93. The quantitative estimate of drug-likeness (QED) is 0.684. The molecule has 0 aliphatic heterocycles. The first kappa shape index (κ1) is 8.06. The molecule has 0 bridgehead atoms. The van der Waals surface area contributed by atoms with Gasteiger partial charge < -0.3 is 4.98 Å². The molecule has 0 atom stereocenters. The zero-order chi connectivity index (χ0) is 9.26. The molecule has 5 nitrogen and oxygen atoms in total. The molecule has 0 amide bonds. The summed E-state index contributed by atoms with van der Waals surface area (Å²) in [4.78, 5) is 6.86. The van der Waals surface area contributed by atoms with Crippen molar-refractivity contribution in [2.45, 2.75) is 0 Å². The van der Waals surface area contributed by atoms with Crippen LogP contribution in [-0.2, 0) is 7.05 Å². The standard InChI is InChI=1S/C7H7N5S/c1-12-6(3-10-11-12)5-2-7(13)9-4-8-5/h2-4H,1H3,(H,8,9,13). The van der Waals surface area contributed by atoms with Crippen molar-refractivity contribution in [1.29, 1.82) is 0 Å². The topological polar surface area (TPSA) is 59.4 Å². The molecule has 0 fully saturated rings. The lowest BCUT2D eigenvalue weighted by atomic mass is 10.3. The molecule has 13 heavy (non-hydrogen) atoms. The minimum absolute atomic E-state index is 0.551. The Balaban J connectivity index is 2.59. The smallest absolute Gasteiger partial charge is 0.130 e. The normalized spacial score (nSPS) is 10.2. The molecule has 0 aliphatic carbocycles. The number of aromatic nitrogens is 5. The van der Waals surface area contributed by atoms with Crippen LogP contribution >= 0.6 is 12.2 Å². The largest absolute Gasteiger partial charge is 0.344 e. The van der Waals surface area contributed by atoms with Gasteiger partial charge in [-0.1, -0.05) is 17.4 Å². The number of aryl methyl sites for hydroxylation is 1. The molecule has 0 spiro atoms. The SMILES string of the molecule is Cn1nncc1-c1cc(=S)nc[nH]1. The van der Waals surface area contributed by atoms with Crippen LogP contribution < -0.4 is 0 Å². The fourth-order valence-corrected chi connectivity index (χ4v) is 1.22. The lowest BCUT2D eigenvalue weighted by Gasteiger charge is -1.98. The van der Waals surface area contributed by atoms with Crippen LogP contribution in [-0.4, -0.2) is 25.0 Å². The molecule has 0 radical (unpaired) electrons. The van der Waals surface area contributed by atoms with Crippen LogP contribution in [0, 0.1) is 4.64 Å². The second kappa shape index (κ2) is 3.06. The molecule has 0 unspecified atom stereocenters. The first-order valence-corrected chi connectivity index (χ1v) is 4.08. The fraction of sp³-hybridized carbons (Fsp3) is 0.143. The highest BCUT2D eigenvalue weighted by molar-refractivity contribution is 7.71. The molecule has 2 heterocycles. The van der Waals surface area contributed by atoms with E-state index in [4.69, 9.17) is 12.2 Å². The van der Waals surface area contributed by atoms with Gasteiger partial charge in [0.05, 0.1) is 18.2 Å². The van der Waals surface area contributed by atoms with Gasteiger partial charge in [-0.05, 0) is 0 Å². The number of rotatable bonds is 1. The van der Waals surface area contributed by atoms with Gasteiger partial charge in [-0.3, -0.25) is 0 Å². The number of nitrogens with zero attached hydrogens (tertiary/aromatic N) is 4. The maximum Gasteiger partial charge on any atom is 0.130 e. The van der Waals surface area contributed by atoms with E-state index in [-0.39, 0.29) is 0 Å². The lowest BCUT2D eigenvalue weighted by Crippen LogP contribution is -1.95. The summed E-state index contributed by atoms with van der Waals surface area (Å²) in [6, 6.07) is 1.77. The minimum atomic E-state index is 0.551. The molecule has 66 valence electrons. The number of nitrogens with one attached hydrogen (secondary N) is 1. The summed E-state index contributed by atoms with van der Waals surface area (Å²) in [5.74, 6) is 0. The summed E-state index contributed by atoms with van der Waals surface area (Å²) < 4.78 is 2.22. The second-order valence-electron chi connectivity index (χ2n) is 2.54. The Hall–Kier alpha value is -1.56. The summed E-state index contributed by atoms with van der Waals surface area (Å²) in [7, 11) is 1.82. The van der Waals surface area contributed by atoms with Crippen molar-refractivity contribution in [1.82, 2.24) is 25.0 Å². The van der Waals surface area contributed by atoms with Gasteiger partial charge in [-0.2, -0.15) is 0 Å². The summed E-state index contributed by atoms with van der Waals surface area (Å²) in [6.07, 6.45) is 3.23. The predicted octanol–water partition coefficient (Wildman–Crippen LogP) is 0.935. The molecule has 6 heteroatoms. The Bertz CT molecular complexity index is 471. The third kappa shape index (κ3) is 1.48. The molecule has 2 rings (SSSR count). The van der Waals surface area contributed by atoms with Crippen LogP contribution in [0.5, 0.6) is 0 Å². The van der Waals surface area contributed by atoms with E-state index >= 15 is 0 Å². The monoisotopic (exact) mass is 193 g/mol. The van der Waals surface area contributed by atoms with Crippen molar-refractivity contribution in [2.75, 3.05) is 0 Å². The van der Waals surface area contributed by atoms with E-state index in [2.05, 4.69) is 20.3 Å². The average molecular weight is 193 g/mol. The van der Waals surface area contributed by atoms with Gasteiger partial charge in [0.25, 0.3) is 0 Å². The van der Waals surface area contributed by atoms with E-state index in [1.165, 1.54) is 0 Å². The molecule has 0 saturated carbocycles. The highest BCUT2D eigenvalue weighted by Crippen LogP contribution is 2.12. The molecular weight excluding hydrogens is 186 g/mol. The molecule has 0 saturated heterocycles. The van der Waals surface area contributed by atoms with Crippen LogP contribution in [0.4, 0.5) is 0 Å². The number of aromatic amines is 1. The number of H-pyrrole nitrogens is 1. The summed E-state index contributed by atoms with van der Waals surface area (Å²) in [5.41, 5.74) is 1.75. The minimum Gasteiger partial charge on any atom is -0.344 e. The van der Waals surface area contributed by atoms with Crippen molar-refractivity contribution in [2.24, 2.45) is 7.05 Å². The van der Waals surface area contributed by atoms with E-state index < -0.39 is 0 Å². The predicted molar refractivity (Wildman–Crippen MR) is 49.4 cm³/mol. The van der Waals surface area contributed by atoms with Gasteiger partial charge in [0.2, 0.25) is 0 Å². The third-order valence-corrected chi connectivity index (χ3v) is 1.89. The van der Waals surface area contributed by atoms with Crippen LogP contribution in [0.3, 0.4) is 0 Å². The Kier molecular flexibility index (Phi) is 1.90. The fourth-order valence-electron chi connectivity index (χ4n) is 1.05. The van der Waals surface area contributed by atoms with E-state index in [9.17, 15) is 0 Å². The summed E-state index contributed by atoms with van der Waals surface area (Å²) in [6.45, 7) is 0. The zero-order valence-corrected chi connectivity index (χ0v) is 7.75. The molecule has 2 aromatic heterocycles. The van der Waals surface area contributed by atoms with Gasteiger partial charge in [-0.25, -0.2) is 9.67 Å². The van der Waals surface area contributed by atoms with Crippen LogP contribution in [0.15, 0.2) is 18.6 Å². The third-order valence-electron chi connectivity index (χ3n) is 1.67. The molecule has 1 N–H and O–H groups in total. The van der Waals surface area contributed by atoms with Crippen molar-refractivity contribution in [3.8, 4) is 11.4 Å². The van der Waals surface area contributed by atoms with Gasteiger partial charge in [-0.15, -0.1) is 5.10 Å². The van der Waals surface area contributed by atoms with E-state index in [0.29, 0.717) is 4.64 Å². The van der Waals surface area contributed by atoms with Gasteiger partial charge in [0, 0.05) is 13.1 Å². The van der Waals surface area contributed by atoms with Crippen LogP contribution in [0.25, 0.3) is 11.4 Å². The molecule has 2 aromatic rings. The number of hydrogen-bond donors (Lipinski definition) is 1. The van der Waals surface area contributed by atoms with Gasteiger partial charge >= 0.3 is 0 Å². The van der Waals surface area contributed by atoms with Crippen LogP contribution in [0.2, 0.25) is 0 Å². The Morgan fingerprint density at radius 2 is 2.38 bits per heavy atom. The van der Waals surface area contributed by atoms with Gasteiger partial charge in [0.15, 0.2) is 0 Å². The lowest BCUT2D eigenvalue weighted by molar-refractivity contribution is 0.719. The number of hydrogen-bond acceptors (Lipinski definition) is 4. The van der Waals surface area contributed by atoms with Crippen molar-refractivity contribution < 1.29 is 0 Å². The highest BCUT2D eigenvalue weighted by atomic mass is 32.1. The Labute approximate surface area is 79.4 Å². The Morgan fingerprint density at radius 1 is 1.54 bits per heavy atom. The maximum absolute atomic E-state index is 4.94. The van der Waals surface area contributed by atoms with E-state index in [1.807, 2.05) is 7.05 Å².